The lowest BCUT2D eigenvalue weighted by Crippen LogP contribution is -2.50. The van der Waals surface area contributed by atoms with Crippen LogP contribution in [0, 0.1) is 20.2 Å². The van der Waals surface area contributed by atoms with E-state index in [0.29, 0.717) is 6.07 Å². The van der Waals surface area contributed by atoms with Crippen molar-refractivity contribution >= 4 is 11.4 Å². The van der Waals surface area contributed by atoms with Crippen LogP contribution in [0.1, 0.15) is 79.1 Å². The Kier molecular flexibility index (Phi) is 14.4. The van der Waals surface area contributed by atoms with Crippen LogP contribution in [0.15, 0.2) is 18.2 Å². The molecule has 1 aromatic rings. The third-order valence-electron chi connectivity index (χ3n) is 5.29. The minimum absolute atomic E-state index is 0.466. The molecule has 0 unspecified atom stereocenters. The molecule has 1 rings (SSSR count). The van der Waals surface area contributed by atoms with Gasteiger partial charge >= 0.3 is 0 Å². The van der Waals surface area contributed by atoms with Crippen LogP contribution in [0.5, 0.6) is 5.75 Å². The van der Waals surface area contributed by atoms with Crippen LogP contribution in [-0.2, 0) is 0 Å². The van der Waals surface area contributed by atoms with Gasteiger partial charge in [0, 0.05) is 6.07 Å². The number of nitro groups is 2. The first-order valence-corrected chi connectivity index (χ1v) is 11.2. The third kappa shape index (κ3) is 10.5. The molecule has 0 fully saturated rings. The molecular weight excluding hydrogens is 386 g/mol. The molecule has 0 bridgehead atoms. The van der Waals surface area contributed by atoms with Gasteiger partial charge in [-0.1, -0.05) is 59.4 Å². The molecule has 0 saturated carbocycles. The van der Waals surface area contributed by atoms with Gasteiger partial charge < -0.3 is 9.59 Å². The van der Waals surface area contributed by atoms with Gasteiger partial charge in [-0.3, -0.25) is 20.2 Å². The predicted molar refractivity (Wildman–Crippen MR) is 119 cm³/mol. The summed E-state index contributed by atoms with van der Waals surface area (Å²) in [4.78, 5) is 18.6. The smallest absolute Gasteiger partial charge is 0.276 e. The Morgan fingerprint density at radius 2 is 1.13 bits per heavy atom. The molecule has 0 saturated heterocycles. The van der Waals surface area contributed by atoms with Crippen molar-refractivity contribution in [1.82, 2.24) is 0 Å². The van der Waals surface area contributed by atoms with E-state index in [-0.39, 0.29) is 0 Å². The highest BCUT2D eigenvalue weighted by Crippen LogP contribution is 2.27. The number of unbranched alkanes of at least 4 members (excludes halogenated alkanes) is 4. The first kappa shape index (κ1) is 27.8. The molecule has 0 heterocycles. The lowest BCUT2D eigenvalue weighted by atomic mass is 10.1. The van der Waals surface area contributed by atoms with Crippen molar-refractivity contribution in [1.29, 1.82) is 0 Å². The predicted octanol–water partition coefficient (Wildman–Crippen LogP) is 5.58. The number of rotatable bonds is 14. The van der Waals surface area contributed by atoms with Crippen LogP contribution in [0.2, 0.25) is 0 Å². The fourth-order valence-electron chi connectivity index (χ4n) is 3.41. The maximum Gasteiger partial charge on any atom is 0.276 e. The molecule has 8 nitrogen and oxygen atoms in total. The molecule has 0 N–H and O–H groups in total. The van der Waals surface area contributed by atoms with Crippen LogP contribution in [0.4, 0.5) is 11.4 Å². The van der Waals surface area contributed by atoms with E-state index in [0.717, 1.165) is 12.1 Å². The Balaban J connectivity index is 0.000000579. The molecule has 8 heteroatoms. The minimum atomic E-state index is -0.949. The molecule has 0 aliphatic rings. The van der Waals surface area contributed by atoms with Crippen LogP contribution in [0.25, 0.3) is 0 Å². The van der Waals surface area contributed by atoms with Crippen molar-refractivity contribution in [2.45, 2.75) is 79.1 Å². The van der Waals surface area contributed by atoms with E-state index in [4.69, 9.17) is 0 Å². The van der Waals surface area contributed by atoms with E-state index in [9.17, 15) is 25.3 Å². The average Bonchev–Trinajstić information content (AvgIpc) is 2.73. The fraction of sp³-hybridized carbons (Fsp3) is 0.727. The standard InChI is InChI=1S/C16H36N.C6H4N2O5/c1-5-9-13-17(14-10-6-2,15-11-7-3)16-12-8-4;9-6-2-1-4(7(10)11)3-5(6)8(12)13/h5-16H2,1-4H3;1-3,9H/q+1;/p-1. The molecular formula is C22H39N3O5. The summed E-state index contributed by atoms with van der Waals surface area (Å²) in [5.41, 5.74) is -1.25. The summed E-state index contributed by atoms with van der Waals surface area (Å²) in [6.07, 6.45) is 11.1. The zero-order valence-corrected chi connectivity index (χ0v) is 19.1. The molecule has 0 amide bonds. The number of quaternary nitrogens is 1. The molecule has 172 valence electrons. The Labute approximate surface area is 180 Å². The molecule has 0 aliphatic heterocycles. The molecule has 0 radical (unpaired) electrons. The van der Waals surface area contributed by atoms with Gasteiger partial charge in [-0.15, -0.1) is 0 Å². The van der Waals surface area contributed by atoms with E-state index in [1.165, 1.54) is 82.0 Å². The summed E-state index contributed by atoms with van der Waals surface area (Å²) in [7, 11) is 0. The van der Waals surface area contributed by atoms with E-state index < -0.39 is 27.0 Å². The Hall–Kier alpha value is -2.22. The second-order valence-electron chi connectivity index (χ2n) is 7.82. The fourth-order valence-corrected chi connectivity index (χ4v) is 3.41. The maximum absolute atomic E-state index is 10.8. The Morgan fingerprint density at radius 3 is 1.43 bits per heavy atom. The topological polar surface area (TPSA) is 109 Å². The SMILES string of the molecule is CCCC[N+](CCCC)(CCCC)CCCC.O=[N+]([O-])c1ccc([O-])c([N+](=O)[O-])c1. The van der Waals surface area contributed by atoms with E-state index in [1.807, 2.05) is 0 Å². The van der Waals surface area contributed by atoms with Gasteiger partial charge in [0.05, 0.1) is 42.1 Å². The number of nitrogens with zero attached hydrogens (tertiary/aromatic N) is 3. The van der Waals surface area contributed by atoms with Crippen molar-refractivity contribution in [3.05, 3.63) is 38.4 Å². The second-order valence-corrected chi connectivity index (χ2v) is 7.82. The van der Waals surface area contributed by atoms with Gasteiger partial charge in [-0.2, -0.15) is 0 Å². The number of benzene rings is 1. The minimum Gasteiger partial charge on any atom is -0.868 e. The zero-order valence-electron chi connectivity index (χ0n) is 19.1. The highest BCUT2D eigenvalue weighted by molar-refractivity contribution is 5.51. The average molecular weight is 426 g/mol. The zero-order chi connectivity index (χ0) is 23.0. The first-order chi connectivity index (χ1) is 14.3. The lowest BCUT2D eigenvalue weighted by Gasteiger charge is -2.39. The maximum atomic E-state index is 10.8. The summed E-state index contributed by atoms with van der Waals surface area (Å²) < 4.78 is 1.42. The van der Waals surface area contributed by atoms with E-state index >= 15 is 0 Å². The van der Waals surface area contributed by atoms with Crippen molar-refractivity contribution < 1.29 is 19.4 Å². The molecule has 0 aromatic heterocycles. The number of non-ortho nitro benzene ring substituents is 1. The number of nitro benzene ring substituents is 2. The van der Waals surface area contributed by atoms with Crippen LogP contribution in [0.3, 0.4) is 0 Å². The van der Waals surface area contributed by atoms with Crippen LogP contribution < -0.4 is 5.11 Å². The molecule has 1 aromatic carbocycles. The summed E-state index contributed by atoms with van der Waals surface area (Å²) in [6.45, 7) is 15.0. The summed E-state index contributed by atoms with van der Waals surface area (Å²) in [5, 5.41) is 31.1. The largest absolute Gasteiger partial charge is 0.868 e. The monoisotopic (exact) mass is 425 g/mol. The number of hydrogen-bond acceptors (Lipinski definition) is 5. The van der Waals surface area contributed by atoms with E-state index in [2.05, 4.69) is 27.7 Å². The van der Waals surface area contributed by atoms with Crippen molar-refractivity contribution in [3.63, 3.8) is 0 Å². The number of hydrogen-bond donors (Lipinski definition) is 0. The Bertz CT molecular complexity index is 600. The third-order valence-corrected chi connectivity index (χ3v) is 5.29. The van der Waals surface area contributed by atoms with Crippen LogP contribution in [-0.4, -0.2) is 40.5 Å². The lowest BCUT2D eigenvalue weighted by molar-refractivity contribution is -0.929. The van der Waals surface area contributed by atoms with Gasteiger partial charge in [0.15, 0.2) is 0 Å². The van der Waals surface area contributed by atoms with Gasteiger partial charge in [0.2, 0.25) is 0 Å². The summed E-state index contributed by atoms with van der Waals surface area (Å²) in [5.74, 6) is -0.837. The van der Waals surface area contributed by atoms with Gasteiger partial charge in [-0.25, -0.2) is 0 Å². The Morgan fingerprint density at radius 1 is 0.733 bits per heavy atom. The first-order valence-electron chi connectivity index (χ1n) is 11.2. The van der Waals surface area contributed by atoms with Crippen molar-refractivity contribution in [2.75, 3.05) is 26.2 Å². The molecule has 0 atom stereocenters. The quantitative estimate of drug-likeness (QED) is 0.219. The van der Waals surface area contributed by atoms with Crippen molar-refractivity contribution in [3.8, 4) is 5.75 Å². The molecule has 0 aliphatic carbocycles. The molecule has 0 spiro atoms. The van der Waals surface area contributed by atoms with Crippen LogP contribution >= 0.6 is 0 Å². The summed E-state index contributed by atoms with van der Waals surface area (Å²) >= 11 is 0. The van der Waals surface area contributed by atoms with Gasteiger partial charge in [0.25, 0.3) is 11.4 Å². The highest BCUT2D eigenvalue weighted by Gasteiger charge is 2.24. The highest BCUT2D eigenvalue weighted by atomic mass is 16.6. The van der Waals surface area contributed by atoms with Gasteiger partial charge in [-0.05, 0) is 31.4 Å². The normalized spacial score (nSPS) is 10.9. The molecule has 30 heavy (non-hydrogen) atoms. The summed E-state index contributed by atoms with van der Waals surface area (Å²) in [6, 6.07) is 2.37. The van der Waals surface area contributed by atoms with Crippen molar-refractivity contribution in [2.24, 2.45) is 0 Å². The van der Waals surface area contributed by atoms with E-state index in [1.54, 1.807) is 0 Å². The second kappa shape index (κ2) is 15.6. The van der Waals surface area contributed by atoms with Gasteiger partial charge in [0.1, 0.15) is 0 Å².